The SMILES string of the molecule is CNC(=O)Nc1ccc(NC(=O)c2cn[nH]n2)cc1. The summed E-state index contributed by atoms with van der Waals surface area (Å²) in [5.74, 6) is -0.360. The maximum Gasteiger partial charge on any atom is 0.318 e. The highest BCUT2D eigenvalue weighted by atomic mass is 16.2. The van der Waals surface area contributed by atoms with E-state index in [1.165, 1.54) is 13.2 Å². The lowest BCUT2D eigenvalue weighted by Crippen LogP contribution is -2.24. The zero-order chi connectivity index (χ0) is 13.7. The van der Waals surface area contributed by atoms with Crippen LogP contribution in [0.15, 0.2) is 30.5 Å². The molecule has 8 heteroatoms. The van der Waals surface area contributed by atoms with Crippen molar-refractivity contribution < 1.29 is 9.59 Å². The Labute approximate surface area is 108 Å². The summed E-state index contributed by atoms with van der Waals surface area (Å²) in [5, 5.41) is 17.3. The molecular formula is C11H12N6O2. The van der Waals surface area contributed by atoms with E-state index in [9.17, 15) is 9.59 Å². The van der Waals surface area contributed by atoms with Crippen LogP contribution in [0.1, 0.15) is 10.5 Å². The number of amides is 3. The summed E-state index contributed by atoms with van der Waals surface area (Å²) in [5.41, 5.74) is 1.42. The van der Waals surface area contributed by atoms with Crippen LogP contribution in [0.2, 0.25) is 0 Å². The van der Waals surface area contributed by atoms with Crippen molar-refractivity contribution >= 4 is 23.3 Å². The zero-order valence-electron chi connectivity index (χ0n) is 10.1. The lowest BCUT2D eigenvalue weighted by molar-refractivity contribution is 0.102. The maximum atomic E-state index is 11.7. The molecule has 1 heterocycles. The van der Waals surface area contributed by atoms with Crippen molar-refractivity contribution in [2.75, 3.05) is 17.7 Å². The Morgan fingerprint density at radius 3 is 2.26 bits per heavy atom. The van der Waals surface area contributed by atoms with E-state index in [1.807, 2.05) is 0 Å². The molecule has 2 rings (SSSR count). The Morgan fingerprint density at radius 1 is 1.11 bits per heavy atom. The van der Waals surface area contributed by atoms with Gasteiger partial charge in [0.2, 0.25) is 0 Å². The van der Waals surface area contributed by atoms with Gasteiger partial charge in [-0.3, -0.25) is 4.79 Å². The number of H-pyrrole nitrogens is 1. The van der Waals surface area contributed by atoms with Crippen LogP contribution < -0.4 is 16.0 Å². The predicted octanol–water partition coefficient (Wildman–Crippen LogP) is 0.808. The molecule has 2 aromatic rings. The van der Waals surface area contributed by atoms with Crippen LogP contribution in [0.25, 0.3) is 0 Å². The van der Waals surface area contributed by atoms with Crippen molar-refractivity contribution in [3.8, 4) is 0 Å². The number of benzene rings is 1. The number of aromatic amines is 1. The molecule has 0 radical (unpaired) electrons. The van der Waals surface area contributed by atoms with E-state index in [0.29, 0.717) is 11.4 Å². The van der Waals surface area contributed by atoms with E-state index in [2.05, 4.69) is 31.4 Å². The molecule has 1 aromatic heterocycles. The average molecular weight is 260 g/mol. The molecule has 0 atom stereocenters. The number of rotatable bonds is 3. The van der Waals surface area contributed by atoms with Gasteiger partial charge in [0.1, 0.15) is 0 Å². The lowest BCUT2D eigenvalue weighted by Gasteiger charge is -2.06. The fourth-order valence-electron chi connectivity index (χ4n) is 1.34. The van der Waals surface area contributed by atoms with E-state index < -0.39 is 0 Å². The Bertz CT molecular complexity index is 563. The Morgan fingerprint density at radius 2 is 1.74 bits per heavy atom. The summed E-state index contributed by atoms with van der Waals surface area (Å²) in [4.78, 5) is 22.8. The molecule has 3 amide bonds. The molecule has 0 spiro atoms. The number of anilines is 2. The van der Waals surface area contributed by atoms with E-state index in [1.54, 1.807) is 24.3 Å². The highest BCUT2D eigenvalue weighted by Crippen LogP contribution is 2.14. The summed E-state index contributed by atoms with van der Waals surface area (Å²) in [7, 11) is 1.53. The first-order valence-electron chi connectivity index (χ1n) is 5.45. The van der Waals surface area contributed by atoms with E-state index in [-0.39, 0.29) is 17.6 Å². The number of nitrogens with one attached hydrogen (secondary N) is 4. The molecule has 4 N–H and O–H groups in total. The van der Waals surface area contributed by atoms with Crippen LogP contribution in [0, 0.1) is 0 Å². The number of nitrogens with zero attached hydrogens (tertiary/aromatic N) is 2. The van der Waals surface area contributed by atoms with Crippen LogP contribution in [0.5, 0.6) is 0 Å². The molecule has 0 aliphatic rings. The van der Waals surface area contributed by atoms with Crippen molar-refractivity contribution in [3.05, 3.63) is 36.2 Å². The van der Waals surface area contributed by atoms with E-state index in [0.717, 1.165) is 0 Å². The topological polar surface area (TPSA) is 112 Å². The van der Waals surface area contributed by atoms with Gasteiger partial charge in [-0.25, -0.2) is 4.79 Å². The Kier molecular flexibility index (Phi) is 3.72. The van der Waals surface area contributed by atoms with E-state index >= 15 is 0 Å². The molecule has 0 saturated carbocycles. The van der Waals surface area contributed by atoms with Gasteiger partial charge in [-0.2, -0.15) is 15.4 Å². The highest BCUT2D eigenvalue weighted by molar-refractivity contribution is 6.02. The fraction of sp³-hybridized carbons (Fsp3) is 0.0909. The standard InChI is InChI=1S/C11H12N6O2/c1-12-11(19)15-8-4-2-7(3-5-8)14-10(18)9-6-13-17-16-9/h2-6H,1H3,(H,14,18)(H2,12,15,19)(H,13,16,17). The van der Waals surface area contributed by atoms with Crippen molar-refractivity contribution in [1.82, 2.24) is 20.7 Å². The smallest absolute Gasteiger partial charge is 0.318 e. The average Bonchev–Trinajstić information content (AvgIpc) is 2.95. The zero-order valence-corrected chi connectivity index (χ0v) is 10.1. The third kappa shape index (κ3) is 3.28. The Balaban J connectivity index is 1.99. The van der Waals surface area contributed by atoms with Gasteiger partial charge in [0, 0.05) is 18.4 Å². The van der Waals surface area contributed by atoms with Crippen molar-refractivity contribution in [2.45, 2.75) is 0 Å². The molecule has 0 aliphatic heterocycles. The lowest BCUT2D eigenvalue weighted by atomic mass is 10.2. The molecule has 19 heavy (non-hydrogen) atoms. The summed E-state index contributed by atoms with van der Waals surface area (Å²) in [6, 6.07) is 6.38. The van der Waals surface area contributed by atoms with Gasteiger partial charge in [0.15, 0.2) is 5.69 Å². The number of hydrogen-bond donors (Lipinski definition) is 4. The quantitative estimate of drug-likeness (QED) is 0.654. The van der Waals surface area contributed by atoms with Gasteiger partial charge >= 0.3 is 6.03 Å². The molecule has 0 aliphatic carbocycles. The van der Waals surface area contributed by atoms with Gasteiger partial charge in [-0.1, -0.05) is 0 Å². The summed E-state index contributed by atoms with van der Waals surface area (Å²) >= 11 is 0. The van der Waals surface area contributed by atoms with Crippen LogP contribution >= 0.6 is 0 Å². The number of urea groups is 1. The maximum absolute atomic E-state index is 11.7. The molecule has 0 saturated heterocycles. The minimum absolute atomic E-state index is 0.201. The van der Waals surface area contributed by atoms with Crippen LogP contribution in [-0.4, -0.2) is 34.4 Å². The molecule has 0 unspecified atom stereocenters. The van der Waals surface area contributed by atoms with Gasteiger partial charge in [0.05, 0.1) is 6.20 Å². The summed E-state index contributed by atoms with van der Waals surface area (Å²) < 4.78 is 0. The minimum Gasteiger partial charge on any atom is -0.341 e. The first-order chi connectivity index (χ1) is 9.19. The largest absolute Gasteiger partial charge is 0.341 e. The second-order valence-electron chi connectivity index (χ2n) is 3.59. The summed E-state index contributed by atoms with van der Waals surface area (Å²) in [6.07, 6.45) is 1.33. The number of hydrogen-bond acceptors (Lipinski definition) is 4. The third-order valence-electron chi connectivity index (χ3n) is 2.28. The number of aromatic nitrogens is 3. The van der Waals surface area contributed by atoms with Crippen LogP contribution in [0.4, 0.5) is 16.2 Å². The second-order valence-corrected chi connectivity index (χ2v) is 3.59. The van der Waals surface area contributed by atoms with Gasteiger partial charge in [-0.05, 0) is 24.3 Å². The molecule has 0 bridgehead atoms. The normalized spacial score (nSPS) is 9.74. The molecule has 98 valence electrons. The minimum atomic E-state index is -0.360. The molecule has 1 aromatic carbocycles. The van der Waals surface area contributed by atoms with Crippen molar-refractivity contribution in [3.63, 3.8) is 0 Å². The monoisotopic (exact) mass is 260 g/mol. The third-order valence-corrected chi connectivity index (χ3v) is 2.28. The van der Waals surface area contributed by atoms with Gasteiger partial charge < -0.3 is 16.0 Å². The second kappa shape index (κ2) is 5.63. The molecule has 0 fully saturated rings. The first-order valence-corrected chi connectivity index (χ1v) is 5.45. The number of carbonyl (C=O) groups is 2. The van der Waals surface area contributed by atoms with Crippen molar-refractivity contribution in [2.24, 2.45) is 0 Å². The fourth-order valence-corrected chi connectivity index (χ4v) is 1.34. The van der Waals surface area contributed by atoms with Gasteiger partial charge in [-0.15, -0.1) is 0 Å². The predicted molar refractivity (Wildman–Crippen MR) is 68.9 cm³/mol. The molecular weight excluding hydrogens is 248 g/mol. The summed E-state index contributed by atoms with van der Waals surface area (Å²) in [6.45, 7) is 0. The van der Waals surface area contributed by atoms with Crippen LogP contribution in [0.3, 0.4) is 0 Å². The molecule has 8 nitrogen and oxygen atoms in total. The number of carbonyl (C=O) groups excluding carboxylic acids is 2. The highest BCUT2D eigenvalue weighted by Gasteiger charge is 2.08. The van der Waals surface area contributed by atoms with Crippen molar-refractivity contribution in [1.29, 1.82) is 0 Å². The Hall–Kier alpha value is -2.90. The van der Waals surface area contributed by atoms with Gasteiger partial charge in [0.25, 0.3) is 5.91 Å². The van der Waals surface area contributed by atoms with Crippen LogP contribution in [-0.2, 0) is 0 Å². The van der Waals surface area contributed by atoms with E-state index in [4.69, 9.17) is 0 Å². The first kappa shape index (κ1) is 12.6.